The minimum Gasteiger partial charge on any atom is -0.496 e. The summed E-state index contributed by atoms with van der Waals surface area (Å²) < 4.78 is 10.9. The van der Waals surface area contributed by atoms with Gasteiger partial charge in [-0.15, -0.1) is 11.8 Å². The number of hydrogen-bond donors (Lipinski definition) is 2. The average Bonchev–Trinajstić information content (AvgIpc) is 2.99. The highest BCUT2D eigenvalue weighted by atomic mass is 79.9. The maximum Gasteiger partial charge on any atom is 0.235 e. The van der Waals surface area contributed by atoms with Gasteiger partial charge in [-0.1, -0.05) is 11.2 Å². The number of benzene rings is 1. The molecule has 0 radical (unpaired) electrons. The van der Waals surface area contributed by atoms with Gasteiger partial charge in [0.1, 0.15) is 11.5 Å². The van der Waals surface area contributed by atoms with Crippen molar-refractivity contribution in [2.24, 2.45) is 0 Å². The number of methoxy groups -OCH3 is 1. The Bertz CT molecular complexity index is 781. The first-order chi connectivity index (χ1) is 12.4. The zero-order chi connectivity index (χ0) is 19.1. The summed E-state index contributed by atoms with van der Waals surface area (Å²) in [5.74, 6) is 1.69. The van der Waals surface area contributed by atoms with Crippen LogP contribution in [-0.4, -0.2) is 35.6 Å². The van der Waals surface area contributed by atoms with Crippen LogP contribution in [0, 0.1) is 6.92 Å². The zero-order valence-corrected chi connectivity index (χ0v) is 17.1. The van der Waals surface area contributed by atoms with Gasteiger partial charge in [0.05, 0.1) is 29.1 Å². The van der Waals surface area contributed by atoms with Crippen LogP contribution in [0.5, 0.6) is 5.75 Å². The van der Waals surface area contributed by atoms with E-state index in [0.717, 1.165) is 15.8 Å². The lowest BCUT2D eigenvalue weighted by molar-refractivity contribution is -0.119. The summed E-state index contributed by atoms with van der Waals surface area (Å²) >= 11 is 4.66. The van der Waals surface area contributed by atoms with Gasteiger partial charge < -0.3 is 19.9 Å². The lowest BCUT2D eigenvalue weighted by atomic mass is 10.1. The normalized spacial score (nSPS) is 11.7. The zero-order valence-electron chi connectivity index (χ0n) is 14.7. The molecule has 2 N–H and O–H groups in total. The fourth-order valence-electron chi connectivity index (χ4n) is 2.16. The van der Waals surface area contributed by atoms with Crippen molar-refractivity contribution in [3.8, 4) is 5.75 Å². The molecule has 0 saturated heterocycles. The Morgan fingerprint density at radius 3 is 2.65 bits per heavy atom. The quantitative estimate of drug-likeness (QED) is 0.652. The molecule has 140 valence electrons. The number of ether oxygens (including phenoxy) is 1. The van der Waals surface area contributed by atoms with Crippen LogP contribution < -0.4 is 15.4 Å². The number of hydrogen-bond acceptors (Lipinski definition) is 6. The minimum absolute atomic E-state index is 0.139. The summed E-state index contributed by atoms with van der Waals surface area (Å²) in [7, 11) is 1.60. The van der Waals surface area contributed by atoms with Crippen molar-refractivity contribution in [2.45, 2.75) is 19.9 Å². The maximum atomic E-state index is 12.1. The Balaban J connectivity index is 1.74. The van der Waals surface area contributed by atoms with E-state index in [2.05, 4.69) is 31.7 Å². The van der Waals surface area contributed by atoms with E-state index in [-0.39, 0.29) is 29.4 Å². The third kappa shape index (κ3) is 6.06. The molecule has 0 aliphatic heterocycles. The molecule has 1 aromatic carbocycles. The summed E-state index contributed by atoms with van der Waals surface area (Å²) in [4.78, 5) is 23.8. The number of nitrogens with zero attached hydrogens (tertiary/aromatic N) is 1. The molecule has 1 atom stereocenters. The highest BCUT2D eigenvalue weighted by Gasteiger charge is 2.13. The molecular formula is C17H20BrN3O4S. The van der Waals surface area contributed by atoms with Crippen molar-refractivity contribution in [1.29, 1.82) is 0 Å². The molecular weight excluding hydrogens is 422 g/mol. The van der Waals surface area contributed by atoms with Crippen LogP contribution in [-0.2, 0) is 9.59 Å². The Morgan fingerprint density at radius 2 is 2.04 bits per heavy atom. The second kappa shape index (κ2) is 9.63. The Kier molecular flexibility index (Phi) is 7.52. The van der Waals surface area contributed by atoms with Gasteiger partial charge in [0.25, 0.3) is 0 Å². The third-order valence-electron chi connectivity index (χ3n) is 3.42. The highest BCUT2D eigenvalue weighted by Crippen LogP contribution is 2.28. The molecule has 0 aliphatic rings. The summed E-state index contributed by atoms with van der Waals surface area (Å²) in [6.45, 7) is 3.64. The van der Waals surface area contributed by atoms with E-state index in [1.165, 1.54) is 11.8 Å². The average molecular weight is 442 g/mol. The maximum absolute atomic E-state index is 12.1. The number of anilines is 1. The number of amides is 2. The van der Waals surface area contributed by atoms with Crippen LogP contribution in [0.1, 0.15) is 24.3 Å². The van der Waals surface area contributed by atoms with E-state index in [1.54, 1.807) is 20.1 Å². The van der Waals surface area contributed by atoms with E-state index < -0.39 is 0 Å². The molecule has 0 aliphatic carbocycles. The van der Waals surface area contributed by atoms with Gasteiger partial charge in [0.2, 0.25) is 11.8 Å². The molecule has 2 amide bonds. The van der Waals surface area contributed by atoms with Crippen LogP contribution in [0.15, 0.2) is 33.3 Å². The molecule has 2 rings (SSSR count). The van der Waals surface area contributed by atoms with Gasteiger partial charge in [-0.3, -0.25) is 9.59 Å². The molecule has 0 saturated carbocycles. The predicted octanol–water partition coefficient (Wildman–Crippen LogP) is 3.30. The Morgan fingerprint density at radius 1 is 1.31 bits per heavy atom. The SMILES string of the molecule is COc1ccc(C(C)NC(=O)CSCC(=O)Nc2cc(C)on2)cc1Br. The van der Waals surface area contributed by atoms with Crippen LogP contribution in [0.3, 0.4) is 0 Å². The van der Waals surface area contributed by atoms with Gasteiger partial charge >= 0.3 is 0 Å². The first-order valence-corrected chi connectivity index (χ1v) is 9.77. The molecule has 26 heavy (non-hydrogen) atoms. The van der Waals surface area contributed by atoms with E-state index in [9.17, 15) is 9.59 Å². The third-order valence-corrected chi connectivity index (χ3v) is 4.97. The fourth-order valence-corrected chi connectivity index (χ4v) is 3.35. The number of aromatic nitrogens is 1. The number of carbonyl (C=O) groups excluding carboxylic acids is 2. The molecule has 0 spiro atoms. The van der Waals surface area contributed by atoms with Crippen molar-refractivity contribution in [3.63, 3.8) is 0 Å². The first-order valence-electron chi connectivity index (χ1n) is 7.82. The molecule has 7 nitrogen and oxygen atoms in total. The van der Waals surface area contributed by atoms with Gasteiger partial charge in [0, 0.05) is 6.07 Å². The predicted molar refractivity (Wildman–Crippen MR) is 104 cm³/mol. The lowest BCUT2D eigenvalue weighted by Gasteiger charge is -2.15. The van der Waals surface area contributed by atoms with E-state index >= 15 is 0 Å². The summed E-state index contributed by atoms with van der Waals surface area (Å²) in [6, 6.07) is 7.12. The van der Waals surface area contributed by atoms with Crippen molar-refractivity contribution in [2.75, 3.05) is 23.9 Å². The number of aryl methyl sites for hydroxylation is 1. The van der Waals surface area contributed by atoms with Crippen molar-refractivity contribution in [3.05, 3.63) is 40.1 Å². The lowest BCUT2D eigenvalue weighted by Crippen LogP contribution is -2.28. The number of thioether (sulfide) groups is 1. The summed E-state index contributed by atoms with van der Waals surface area (Å²) in [5.41, 5.74) is 0.954. The van der Waals surface area contributed by atoms with E-state index in [1.807, 2.05) is 25.1 Å². The van der Waals surface area contributed by atoms with Crippen LogP contribution in [0.2, 0.25) is 0 Å². The van der Waals surface area contributed by atoms with Crippen LogP contribution >= 0.6 is 27.7 Å². The molecule has 1 heterocycles. The molecule has 2 aromatic rings. The number of carbonyl (C=O) groups is 2. The Labute approximate surface area is 164 Å². The van der Waals surface area contributed by atoms with Crippen molar-refractivity contribution in [1.82, 2.24) is 10.5 Å². The fraction of sp³-hybridized carbons (Fsp3) is 0.353. The minimum atomic E-state index is -0.233. The van der Waals surface area contributed by atoms with Crippen LogP contribution in [0.25, 0.3) is 0 Å². The smallest absolute Gasteiger partial charge is 0.235 e. The molecule has 0 fully saturated rings. The largest absolute Gasteiger partial charge is 0.496 e. The van der Waals surface area contributed by atoms with Gasteiger partial charge in [-0.2, -0.15) is 0 Å². The standard InChI is InChI=1S/C17H20BrN3O4S/c1-10-6-15(21-25-10)20-17(23)9-26-8-16(22)19-11(2)12-4-5-14(24-3)13(18)7-12/h4-7,11H,8-9H2,1-3H3,(H,19,22)(H,20,21,23). The van der Waals surface area contributed by atoms with Gasteiger partial charge in [-0.05, 0) is 47.5 Å². The molecule has 1 unspecified atom stereocenters. The number of rotatable bonds is 8. The second-order valence-electron chi connectivity index (χ2n) is 5.55. The van der Waals surface area contributed by atoms with E-state index in [0.29, 0.717) is 11.6 Å². The Hall–Kier alpha value is -2.00. The molecule has 1 aromatic heterocycles. The number of halogens is 1. The van der Waals surface area contributed by atoms with Gasteiger partial charge in [0.15, 0.2) is 5.82 Å². The highest BCUT2D eigenvalue weighted by molar-refractivity contribution is 9.10. The number of nitrogens with one attached hydrogen (secondary N) is 2. The summed E-state index contributed by atoms with van der Waals surface area (Å²) in [5, 5.41) is 9.20. The molecule has 9 heteroatoms. The topological polar surface area (TPSA) is 93.5 Å². The monoisotopic (exact) mass is 441 g/mol. The van der Waals surface area contributed by atoms with Crippen LogP contribution in [0.4, 0.5) is 5.82 Å². The van der Waals surface area contributed by atoms with Gasteiger partial charge in [-0.25, -0.2) is 0 Å². The van der Waals surface area contributed by atoms with Crippen molar-refractivity contribution >= 4 is 45.3 Å². The molecule has 0 bridgehead atoms. The first kappa shape index (κ1) is 20.3. The van der Waals surface area contributed by atoms with E-state index in [4.69, 9.17) is 9.26 Å². The summed E-state index contributed by atoms with van der Waals surface area (Å²) in [6.07, 6.45) is 0. The van der Waals surface area contributed by atoms with Crippen molar-refractivity contribution < 1.29 is 18.8 Å². The second-order valence-corrected chi connectivity index (χ2v) is 7.39.